The van der Waals surface area contributed by atoms with Crippen LogP contribution in [0, 0.1) is 0 Å². The van der Waals surface area contributed by atoms with Gasteiger partial charge in [-0.1, -0.05) is 109 Å². The van der Waals surface area contributed by atoms with Crippen molar-refractivity contribution in [2.24, 2.45) is 9.98 Å². The van der Waals surface area contributed by atoms with E-state index in [0.717, 1.165) is 49.7 Å². The van der Waals surface area contributed by atoms with E-state index in [1.165, 1.54) is 49.7 Å². The molecule has 7 aromatic rings. The molecule has 3 aliphatic rings. The van der Waals surface area contributed by atoms with Crippen LogP contribution in [0.1, 0.15) is 61.3 Å². The first-order chi connectivity index (χ1) is 26.7. The summed E-state index contributed by atoms with van der Waals surface area (Å²) in [5.41, 5.74) is 13.2. The molecular weight excluding hydrogens is 709 g/mol. The highest BCUT2D eigenvalue weighted by Crippen LogP contribution is 2.59. The Morgan fingerprint density at radius 1 is 0.473 bits per heavy atom. The van der Waals surface area contributed by atoms with E-state index in [0.29, 0.717) is 0 Å². The van der Waals surface area contributed by atoms with Gasteiger partial charge in [0.25, 0.3) is 0 Å². The second-order valence-corrected chi connectivity index (χ2v) is 18.0. The highest BCUT2D eigenvalue weighted by molar-refractivity contribution is 8.15. The Hall–Kier alpha value is -5.30. The van der Waals surface area contributed by atoms with Gasteiger partial charge in [0.1, 0.15) is 10.1 Å². The fraction of sp³-hybridized carbons (Fsp3) is 0.184. The molecule has 0 bridgehead atoms. The molecule has 10 rings (SSSR count). The van der Waals surface area contributed by atoms with Gasteiger partial charge in [-0.15, -0.1) is 23.5 Å². The average molecular weight is 749 g/mol. The zero-order valence-electron chi connectivity index (χ0n) is 31.4. The predicted molar refractivity (Wildman–Crippen MR) is 234 cm³/mol. The lowest BCUT2D eigenvalue weighted by Gasteiger charge is -2.34. The molecular formula is C49H40N4S2. The third-order valence-electron chi connectivity index (χ3n) is 11.1. The van der Waals surface area contributed by atoms with Crippen molar-refractivity contribution in [3.63, 3.8) is 0 Å². The lowest BCUT2D eigenvalue weighted by molar-refractivity contribution is 0.604. The largest absolute Gasteiger partial charge is 0.269 e. The van der Waals surface area contributed by atoms with Crippen molar-refractivity contribution in [2.75, 3.05) is 11.5 Å². The molecule has 2 aromatic heterocycles. The highest BCUT2D eigenvalue weighted by Gasteiger charge is 2.47. The zero-order chi connectivity index (χ0) is 37.4. The standard InChI is InChI=1S/C49H40N4S2/c1-47(2)29-54-45(52-47)42-23-20-32(27-50-42)31-19-22-38-40(25-31)49(34-13-7-5-8-14-34,35-15-9-6-10-16-35)41-26-39(36-17-11-12-18-37(36)44(38)41)33-21-24-43(51-28-33)46-53-48(3,4)30-55-46/h5-28H,29-30H2,1-4H3. The van der Waals surface area contributed by atoms with Crippen molar-refractivity contribution in [1.82, 2.24) is 9.97 Å². The van der Waals surface area contributed by atoms with Crippen LogP contribution in [0.2, 0.25) is 0 Å². The van der Waals surface area contributed by atoms with Gasteiger partial charge in [-0.25, -0.2) is 0 Å². The Morgan fingerprint density at radius 2 is 1.00 bits per heavy atom. The number of rotatable bonds is 6. The van der Waals surface area contributed by atoms with E-state index in [2.05, 4.69) is 161 Å². The summed E-state index contributed by atoms with van der Waals surface area (Å²) in [6, 6.07) is 49.2. The van der Waals surface area contributed by atoms with E-state index in [4.69, 9.17) is 20.0 Å². The van der Waals surface area contributed by atoms with Gasteiger partial charge < -0.3 is 0 Å². The second kappa shape index (κ2) is 12.9. The number of pyridine rings is 2. The smallest absolute Gasteiger partial charge is 0.117 e. The number of fused-ring (bicyclic) bond motifs is 5. The van der Waals surface area contributed by atoms with Crippen LogP contribution in [-0.4, -0.2) is 42.6 Å². The van der Waals surface area contributed by atoms with Gasteiger partial charge in [0.05, 0.1) is 27.9 Å². The molecule has 0 saturated heterocycles. The van der Waals surface area contributed by atoms with Gasteiger partial charge in [0.15, 0.2) is 0 Å². The molecule has 4 heterocycles. The molecule has 2 aliphatic heterocycles. The van der Waals surface area contributed by atoms with Crippen LogP contribution in [0.5, 0.6) is 0 Å². The van der Waals surface area contributed by atoms with Crippen LogP contribution >= 0.6 is 23.5 Å². The molecule has 0 amide bonds. The molecule has 0 spiro atoms. The van der Waals surface area contributed by atoms with Crippen LogP contribution in [0.15, 0.2) is 156 Å². The first kappa shape index (κ1) is 34.2. The van der Waals surface area contributed by atoms with Crippen LogP contribution in [0.25, 0.3) is 44.2 Å². The normalized spacial score (nSPS) is 17.5. The fourth-order valence-electron chi connectivity index (χ4n) is 8.56. The van der Waals surface area contributed by atoms with Gasteiger partial charge in [-0.3, -0.25) is 20.0 Å². The van der Waals surface area contributed by atoms with E-state index in [1.54, 1.807) is 23.5 Å². The number of hydrogen-bond acceptors (Lipinski definition) is 6. The quantitative estimate of drug-likeness (QED) is 0.170. The molecule has 0 atom stereocenters. The van der Waals surface area contributed by atoms with Crippen molar-refractivity contribution in [3.8, 4) is 33.4 Å². The van der Waals surface area contributed by atoms with Gasteiger partial charge in [0.2, 0.25) is 0 Å². The first-order valence-corrected chi connectivity index (χ1v) is 20.9. The van der Waals surface area contributed by atoms with Crippen molar-refractivity contribution < 1.29 is 0 Å². The Bertz CT molecular complexity index is 2640. The molecule has 6 heteroatoms. The zero-order valence-corrected chi connectivity index (χ0v) is 33.0. The van der Waals surface area contributed by atoms with Crippen molar-refractivity contribution in [3.05, 3.63) is 179 Å². The van der Waals surface area contributed by atoms with E-state index in [-0.39, 0.29) is 11.1 Å². The minimum atomic E-state index is -0.579. The minimum absolute atomic E-state index is 0.0566. The second-order valence-electron chi connectivity index (χ2n) is 16.0. The number of nitrogens with zero attached hydrogens (tertiary/aromatic N) is 4. The van der Waals surface area contributed by atoms with Crippen LogP contribution in [0.4, 0.5) is 0 Å². The summed E-state index contributed by atoms with van der Waals surface area (Å²) >= 11 is 3.59. The van der Waals surface area contributed by atoms with Crippen LogP contribution < -0.4 is 0 Å². The minimum Gasteiger partial charge on any atom is -0.269 e. The summed E-state index contributed by atoms with van der Waals surface area (Å²) < 4.78 is 0. The maximum atomic E-state index is 5.01. The monoisotopic (exact) mass is 748 g/mol. The average Bonchev–Trinajstić information content (AvgIpc) is 3.88. The van der Waals surface area contributed by atoms with Gasteiger partial charge >= 0.3 is 0 Å². The lowest BCUT2D eigenvalue weighted by Crippen LogP contribution is -2.28. The highest BCUT2D eigenvalue weighted by atomic mass is 32.2. The lowest BCUT2D eigenvalue weighted by atomic mass is 9.67. The maximum Gasteiger partial charge on any atom is 0.117 e. The number of hydrogen-bond donors (Lipinski definition) is 0. The molecule has 0 N–H and O–H groups in total. The van der Waals surface area contributed by atoms with Gasteiger partial charge in [-0.05, 0) is 107 Å². The predicted octanol–water partition coefficient (Wildman–Crippen LogP) is 11.9. The van der Waals surface area contributed by atoms with Crippen LogP contribution in [-0.2, 0) is 5.41 Å². The summed E-state index contributed by atoms with van der Waals surface area (Å²) in [5, 5.41) is 4.50. The SMILES string of the molecule is CC1(C)CSC(c2ccc(-c3ccc4c(c3)C(c3ccccc3)(c3ccccc3)c3cc(-c5ccc(C6=NC(C)(C)CS6)nc5)c5ccccc5c3-4)cn2)=N1. The molecule has 4 nitrogen and oxygen atoms in total. The molecule has 55 heavy (non-hydrogen) atoms. The summed E-state index contributed by atoms with van der Waals surface area (Å²) in [6.07, 6.45) is 4.05. The Morgan fingerprint density at radius 3 is 1.53 bits per heavy atom. The number of thioether (sulfide) groups is 2. The molecule has 268 valence electrons. The van der Waals surface area contributed by atoms with Crippen molar-refractivity contribution >= 4 is 44.4 Å². The topological polar surface area (TPSA) is 50.5 Å². The molecule has 1 aliphatic carbocycles. The van der Waals surface area contributed by atoms with E-state index < -0.39 is 5.41 Å². The van der Waals surface area contributed by atoms with Crippen molar-refractivity contribution in [2.45, 2.75) is 44.2 Å². The first-order valence-electron chi connectivity index (χ1n) is 18.9. The Balaban J connectivity index is 1.20. The van der Waals surface area contributed by atoms with E-state index in [9.17, 15) is 0 Å². The van der Waals surface area contributed by atoms with Gasteiger partial charge in [-0.2, -0.15) is 0 Å². The third kappa shape index (κ3) is 5.68. The van der Waals surface area contributed by atoms with Crippen LogP contribution in [0.3, 0.4) is 0 Å². The molecule has 0 radical (unpaired) electrons. The Kier molecular flexibility index (Phi) is 8.02. The molecule has 0 fully saturated rings. The number of benzene rings is 5. The Labute approximate surface area is 331 Å². The summed E-state index contributed by atoms with van der Waals surface area (Å²) in [5.74, 6) is 1.95. The molecule has 0 saturated carbocycles. The third-order valence-corrected chi connectivity index (χ3v) is 13.9. The number of aromatic nitrogens is 2. The summed E-state index contributed by atoms with van der Waals surface area (Å²) in [6.45, 7) is 8.73. The molecule has 5 aromatic carbocycles. The summed E-state index contributed by atoms with van der Waals surface area (Å²) in [4.78, 5) is 19.9. The number of aliphatic imine (C=N–C) groups is 2. The molecule has 0 unspecified atom stereocenters. The fourth-order valence-corrected chi connectivity index (χ4v) is 10.8. The summed E-state index contributed by atoms with van der Waals surface area (Å²) in [7, 11) is 0. The van der Waals surface area contributed by atoms with E-state index in [1.807, 2.05) is 12.4 Å². The van der Waals surface area contributed by atoms with E-state index >= 15 is 0 Å². The maximum absolute atomic E-state index is 5.01. The van der Waals surface area contributed by atoms with Gasteiger partial charge in [0, 0.05) is 35.0 Å². The van der Waals surface area contributed by atoms with Crippen molar-refractivity contribution in [1.29, 1.82) is 0 Å².